The van der Waals surface area contributed by atoms with Crippen molar-refractivity contribution in [3.63, 3.8) is 0 Å². The smallest absolute Gasteiger partial charge is 0.257 e. The highest BCUT2D eigenvalue weighted by molar-refractivity contribution is 9.10. The maximum atomic E-state index is 12.4. The quantitative estimate of drug-likeness (QED) is 0.833. The molecule has 0 spiro atoms. The Bertz CT molecular complexity index is 656. The molecule has 0 aromatic heterocycles. The van der Waals surface area contributed by atoms with Gasteiger partial charge < -0.3 is 16.0 Å². The van der Waals surface area contributed by atoms with Gasteiger partial charge in [-0.05, 0) is 43.9 Å². The molecule has 3 N–H and O–H groups in total. The summed E-state index contributed by atoms with van der Waals surface area (Å²) in [5, 5.41) is 2.93. The molecule has 1 amide bonds. The number of hydrogen-bond acceptors (Lipinski definition) is 3. The molecule has 0 atom stereocenters. The van der Waals surface area contributed by atoms with Crippen LogP contribution in [-0.4, -0.2) is 24.9 Å². The Balaban J connectivity index is 2.25. The number of nitrogen functional groups attached to an aromatic ring is 1. The molecule has 0 aliphatic rings. The highest BCUT2D eigenvalue weighted by Gasteiger charge is 2.12. The first-order valence-electron chi connectivity index (χ1n) is 6.56. The number of anilines is 2. The number of para-hydroxylation sites is 1. The van der Waals surface area contributed by atoms with Crippen molar-refractivity contribution in [2.75, 3.05) is 25.1 Å². The van der Waals surface area contributed by atoms with E-state index in [-0.39, 0.29) is 5.91 Å². The van der Waals surface area contributed by atoms with Crippen molar-refractivity contribution in [1.82, 2.24) is 4.90 Å². The predicted octanol–water partition coefficient (Wildman–Crippen LogP) is 3.35. The van der Waals surface area contributed by atoms with Crippen LogP contribution in [0.1, 0.15) is 15.9 Å². The SMILES string of the molecule is CN(C)Cc1ccccc1NC(=O)c1cc(Br)ccc1N. The van der Waals surface area contributed by atoms with Gasteiger partial charge in [-0.3, -0.25) is 4.79 Å². The lowest BCUT2D eigenvalue weighted by atomic mass is 10.1. The second-order valence-corrected chi connectivity index (χ2v) is 6.00. The van der Waals surface area contributed by atoms with Gasteiger partial charge in [-0.15, -0.1) is 0 Å². The molecule has 0 radical (unpaired) electrons. The molecule has 2 rings (SSSR count). The predicted molar refractivity (Wildman–Crippen MR) is 90.3 cm³/mol. The number of nitrogens with zero attached hydrogens (tertiary/aromatic N) is 1. The minimum Gasteiger partial charge on any atom is -0.398 e. The van der Waals surface area contributed by atoms with Crippen molar-refractivity contribution >= 4 is 33.2 Å². The van der Waals surface area contributed by atoms with Crippen LogP contribution >= 0.6 is 15.9 Å². The zero-order valence-electron chi connectivity index (χ0n) is 12.1. The number of rotatable bonds is 4. The van der Waals surface area contributed by atoms with Crippen molar-refractivity contribution in [3.8, 4) is 0 Å². The Morgan fingerprint density at radius 2 is 1.95 bits per heavy atom. The number of nitrogens with two attached hydrogens (primary N) is 1. The molecule has 0 aliphatic heterocycles. The fourth-order valence-electron chi connectivity index (χ4n) is 2.04. The number of benzene rings is 2. The molecule has 0 fully saturated rings. The highest BCUT2D eigenvalue weighted by Crippen LogP contribution is 2.22. The van der Waals surface area contributed by atoms with E-state index < -0.39 is 0 Å². The summed E-state index contributed by atoms with van der Waals surface area (Å²) in [4.78, 5) is 14.5. The van der Waals surface area contributed by atoms with Crippen LogP contribution in [0.4, 0.5) is 11.4 Å². The van der Waals surface area contributed by atoms with Gasteiger partial charge in [0.05, 0.1) is 5.56 Å². The molecule has 4 nitrogen and oxygen atoms in total. The average Bonchev–Trinajstić information content (AvgIpc) is 2.43. The third-order valence-corrected chi connectivity index (χ3v) is 3.51. The van der Waals surface area contributed by atoms with Crippen molar-refractivity contribution in [2.24, 2.45) is 0 Å². The summed E-state index contributed by atoms with van der Waals surface area (Å²) >= 11 is 3.36. The lowest BCUT2D eigenvalue weighted by Gasteiger charge is -2.15. The zero-order chi connectivity index (χ0) is 15.4. The summed E-state index contributed by atoms with van der Waals surface area (Å²) in [6.07, 6.45) is 0. The maximum Gasteiger partial charge on any atom is 0.257 e. The average molecular weight is 348 g/mol. The van der Waals surface area contributed by atoms with Crippen LogP contribution in [0.15, 0.2) is 46.9 Å². The van der Waals surface area contributed by atoms with E-state index in [0.717, 1.165) is 22.3 Å². The number of nitrogens with one attached hydrogen (secondary N) is 1. The molecule has 0 heterocycles. The van der Waals surface area contributed by atoms with Crippen molar-refractivity contribution in [3.05, 3.63) is 58.1 Å². The minimum absolute atomic E-state index is 0.208. The topological polar surface area (TPSA) is 58.4 Å². The normalized spacial score (nSPS) is 10.7. The van der Waals surface area contributed by atoms with Gasteiger partial charge in [-0.1, -0.05) is 34.1 Å². The number of amides is 1. The third-order valence-electron chi connectivity index (χ3n) is 3.01. The summed E-state index contributed by atoms with van der Waals surface area (Å²) in [5.41, 5.74) is 8.66. The van der Waals surface area contributed by atoms with E-state index in [1.54, 1.807) is 12.1 Å². The zero-order valence-corrected chi connectivity index (χ0v) is 13.6. The molecule has 2 aromatic rings. The Morgan fingerprint density at radius 1 is 1.24 bits per heavy atom. The molecule has 0 aliphatic carbocycles. The monoisotopic (exact) mass is 347 g/mol. The van der Waals surface area contributed by atoms with Crippen molar-refractivity contribution in [1.29, 1.82) is 0 Å². The van der Waals surface area contributed by atoms with E-state index in [1.165, 1.54) is 0 Å². The highest BCUT2D eigenvalue weighted by atomic mass is 79.9. The van der Waals surface area contributed by atoms with Crippen LogP contribution in [0.25, 0.3) is 0 Å². The van der Waals surface area contributed by atoms with Gasteiger partial charge in [0.1, 0.15) is 0 Å². The van der Waals surface area contributed by atoms with Crippen LogP contribution in [0.5, 0.6) is 0 Å². The second-order valence-electron chi connectivity index (χ2n) is 5.08. The first-order valence-corrected chi connectivity index (χ1v) is 7.35. The van der Waals surface area contributed by atoms with Crippen molar-refractivity contribution < 1.29 is 4.79 Å². The standard InChI is InChI=1S/C16H18BrN3O/c1-20(2)10-11-5-3-4-6-15(11)19-16(21)13-9-12(17)7-8-14(13)18/h3-9H,10,18H2,1-2H3,(H,19,21). The summed E-state index contributed by atoms with van der Waals surface area (Å²) in [5.74, 6) is -0.208. The second kappa shape index (κ2) is 6.74. The van der Waals surface area contributed by atoms with Crippen LogP contribution in [0.3, 0.4) is 0 Å². The fourth-order valence-corrected chi connectivity index (χ4v) is 2.40. The summed E-state index contributed by atoms with van der Waals surface area (Å²) in [6, 6.07) is 13.0. The van der Waals surface area contributed by atoms with Gasteiger partial charge in [0.2, 0.25) is 0 Å². The summed E-state index contributed by atoms with van der Waals surface area (Å²) in [6.45, 7) is 0.754. The molecular formula is C16H18BrN3O. The van der Waals surface area contributed by atoms with Crippen LogP contribution < -0.4 is 11.1 Å². The maximum absolute atomic E-state index is 12.4. The van der Waals surface area contributed by atoms with E-state index in [1.807, 2.05) is 44.4 Å². The number of hydrogen-bond donors (Lipinski definition) is 2. The van der Waals surface area contributed by atoms with Crippen LogP contribution in [-0.2, 0) is 6.54 Å². The molecular weight excluding hydrogens is 330 g/mol. The first-order chi connectivity index (χ1) is 9.97. The van der Waals surface area contributed by atoms with E-state index in [9.17, 15) is 4.79 Å². The van der Waals surface area contributed by atoms with Gasteiger partial charge in [-0.25, -0.2) is 0 Å². The van der Waals surface area contributed by atoms with Crippen molar-refractivity contribution in [2.45, 2.75) is 6.54 Å². The largest absolute Gasteiger partial charge is 0.398 e. The fraction of sp³-hybridized carbons (Fsp3) is 0.188. The first kappa shape index (κ1) is 15.5. The van der Waals surface area contributed by atoms with E-state index in [4.69, 9.17) is 5.73 Å². The Labute approximate surface area is 133 Å². The molecule has 110 valence electrons. The third kappa shape index (κ3) is 4.06. The molecule has 0 saturated heterocycles. The van der Waals surface area contributed by atoms with Gasteiger partial charge in [-0.2, -0.15) is 0 Å². The Hall–Kier alpha value is -1.85. The molecule has 21 heavy (non-hydrogen) atoms. The van der Waals surface area contributed by atoms with Gasteiger partial charge in [0.25, 0.3) is 5.91 Å². The molecule has 0 bridgehead atoms. The molecule has 0 unspecified atom stereocenters. The molecule has 5 heteroatoms. The van der Waals surface area contributed by atoms with E-state index >= 15 is 0 Å². The minimum atomic E-state index is -0.208. The van der Waals surface area contributed by atoms with Gasteiger partial charge >= 0.3 is 0 Å². The van der Waals surface area contributed by atoms with Gasteiger partial charge in [0.15, 0.2) is 0 Å². The Kier molecular flexibility index (Phi) is 4.98. The lowest BCUT2D eigenvalue weighted by molar-refractivity contribution is 0.102. The van der Waals surface area contributed by atoms with Gasteiger partial charge in [0, 0.05) is 22.4 Å². The lowest BCUT2D eigenvalue weighted by Crippen LogP contribution is -2.17. The van der Waals surface area contributed by atoms with Crippen LogP contribution in [0, 0.1) is 0 Å². The summed E-state index contributed by atoms with van der Waals surface area (Å²) < 4.78 is 0.823. The van der Waals surface area contributed by atoms with E-state index in [0.29, 0.717) is 11.3 Å². The van der Waals surface area contributed by atoms with E-state index in [2.05, 4.69) is 26.1 Å². The summed E-state index contributed by atoms with van der Waals surface area (Å²) in [7, 11) is 3.98. The number of carbonyl (C=O) groups is 1. The number of carbonyl (C=O) groups excluding carboxylic acids is 1. The Morgan fingerprint density at radius 3 is 2.67 bits per heavy atom. The molecule has 2 aromatic carbocycles. The van der Waals surface area contributed by atoms with Crippen LogP contribution in [0.2, 0.25) is 0 Å². The molecule has 0 saturated carbocycles. The number of halogens is 1.